The Morgan fingerprint density at radius 3 is 1.93 bits per heavy atom. The molecule has 0 bridgehead atoms. The van der Waals surface area contributed by atoms with Crippen molar-refractivity contribution in [2.45, 2.75) is 103 Å². The number of hydrogen-bond acceptors (Lipinski definition) is 14. The monoisotopic (exact) mass is 784 g/mol. The molecule has 300 valence electrons. The molecule has 2 aliphatic rings. The summed E-state index contributed by atoms with van der Waals surface area (Å²) < 4.78 is 41.0. The van der Waals surface area contributed by atoms with E-state index in [2.05, 4.69) is 23.7 Å². The topological polar surface area (TPSA) is 168 Å². The van der Waals surface area contributed by atoms with Crippen LogP contribution in [0.25, 0.3) is 0 Å². The number of ether oxygens (including phenoxy) is 7. The second-order valence-corrected chi connectivity index (χ2v) is 14.3. The molecule has 2 aliphatic heterocycles. The van der Waals surface area contributed by atoms with E-state index in [0.29, 0.717) is 24.6 Å². The maximum absolute atomic E-state index is 12.2. The highest BCUT2D eigenvalue weighted by molar-refractivity contribution is 7.80. The van der Waals surface area contributed by atoms with Crippen LogP contribution in [0.2, 0.25) is 0 Å². The number of carbonyl (C=O) groups is 4. The highest BCUT2D eigenvalue weighted by Crippen LogP contribution is 2.42. The number of nitrogens with zero attached hydrogens (tertiary/aromatic N) is 1. The van der Waals surface area contributed by atoms with E-state index in [1.54, 1.807) is 0 Å². The van der Waals surface area contributed by atoms with E-state index in [0.717, 1.165) is 22.3 Å². The molecular weight excluding hydrogens is 733 g/mol. The zero-order chi connectivity index (χ0) is 40.2. The Labute approximate surface area is 327 Å². The Morgan fingerprint density at radius 2 is 1.36 bits per heavy atom. The standard InChI is InChI=1S/C40H52N2O12S/c1-8-17-42(7)20-33-23(2)36(30-13-11-29(21-43)12-14-30)54-40(53-33)31-15-9-28(10-16-31)19-41-35(55)18-32-37(49-25(4)45)39(51-27(6)47)38(50-26(5)46)34(52-32)22-48-24(3)44/h8-16,23,32-34,36-40,43H,1,17-22H2,2-7H3,(H,41,55)/t23-,32-,33+,34+,36+,37-,38+,39+,40?/m0/s1. The van der Waals surface area contributed by atoms with Crippen LogP contribution in [0.5, 0.6) is 0 Å². The van der Waals surface area contributed by atoms with Gasteiger partial charge in [-0.15, -0.1) is 6.58 Å². The van der Waals surface area contributed by atoms with Gasteiger partial charge in [0, 0.05) is 65.2 Å². The largest absolute Gasteiger partial charge is 0.463 e. The van der Waals surface area contributed by atoms with Crippen LogP contribution in [0.1, 0.15) is 75.7 Å². The Bertz CT molecular complexity index is 1640. The Kier molecular flexibility index (Phi) is 16.3. The summed E-state index contributed by atoms with van der Waals surface area (Å²) in [5.74, 6) is -2.66. The predicted molar refractivity (Wildman–Crippen MR) is 203 cm³/mol. The first kappa shape index (κ1) is 43.5. The van der Waals surface area contributed by atoms with Gasteiger partial charge in [0.15, 0.2) is 24.6 Å². The molecule has 2 heterocycles. The Morgan fingerprint density at radius 1 is 0.800 bits per heavy atom. The predicted octanol–water partition coefficient (Wildman–Crippen LogP) is 4.02. The number of hydrogen-bond donors (Lipinski definition) is 2. The average molecular weight is 785 g/mol. The SMILES string of the molecule is C=CCN(C)C[C@H]1OC(c2ccc(CNC(=S)C[C@@H]3O[C@H](COC(C)=O)[C@@H](OC(C)=O)[C@H](OC(C)=O)[C@H]3OC(C)=O)cc2)O[C@@H](c2ccc(CO)cc2)[C@H]1C. The van der Waals surface area contributed by atoms with E-state index in [4.69, 9.17) is 45.4 Å². The van der Waals surface area contributed by atoms with Crippen LogP contribution in [0.4, 0.5) is 0 Å². The quantitative estimate of drug-likeness (QED) is 0.108. The third-order valence-electron chi connectivity index (χ3n) is 9.27. The van der Waals surface area contributed by atoms with Crippen molar-refractivity contribution in [1.82, 2.24) is 10.2 Å². The highest BCUT2D eigenvalue weighted by Gasteiger charge is 2.52. The van der Waals surface area contributed by atoms with Crippen molar-refractivity contribution in [3.05, 3.63) is 83.4 Å². The van der Waals surface area contributed by atoms with Crippen molar-refractivity contribution >= 4 is 41.1 Å². The molecule has 2 saturated heterocycles. The number of likely N-dealkylation sites (N-methyl/N-ethyl adjacent to an activating group) is 1. The molecule has 0 radical (unpaired) electrons. The molecule has 1 unspecified atom stereocenters. The minimum absolute atomic E-state index is 0.0246. The first-order chi connectivity index (χ1) is 26.2. The fourth-order valence-corrected chi connectivity index (χ4v) is 6.90. The molecule has 0 amide bonds. The van der Waals surface area contributed by atoms with Crippen LogP contribution < -0.4 is 5.32 Å². The highest BCUT2D eigenvalue weighted by atomic mass is 32.1. The van der Waals surface area contributed by atoms with Crippen LogP contribution in [0, 0.1) is 5.92 Å². The van der Waals surface area contributed by atoms with E-state index in [1.165, 1.54) is 27.7 Å². The van der Waals surface area contributed by atoms with Crippen molar-refractivity contribution in [3.63, 3.8) is 0 Å². The first-order valence-electron chi connectivity index (χ1n) is 18.1. The zero-order valence-corrected chi connectivity index (χ0v) is 33.0. The number of aliphatic hydroxyl groups excluding tert-OH is 1. The number of aliphatic hydroxyl groups is 1. The van der Waals surface area contributed by atoms with Crippen LogP contribution in [-0.4, -0.2) is 102 Å². The summed E-state index contributed by atoms with van der Waals surface area (Å²) in [5.41, 5.74) is 3.56. The van der Waals surface area contributed by atoms with Gasteiger partial charge in [-0.05, 0) is 23.7 Å². The summed E-state index contributed by atoms with van der Waals surface area (Å²) >= 11 is 5.68. The van der Waals surface area contributed by atoms with Gasteiger partial charge in [0.1, 0.15) is 18.8 Å². The van der Waals surface area contributed by atoms with Crippen LogP contribution in [0.15, 0.2) is 61.2 Å². The van der Waals surface area contributed by atoms with E-state index in [-0.39, 0.29) is 37.8 Å². The lowest BCUT2D eigenvalue weighted by Gasteiger charge is -2.44. The van der Waals surface area contributed by atoms with Crippen LogP contribution in [-0.2, 0) is 65.5 Å². The maximum Gasteiger partial charge on any atom is 0.303 e. The average Bonchev–Trinajstić information content (AvgIpc) is 3.13. The number of thiocarbonyl (C=S) groups is 1. The number of esters is 4. The third-order valence-corrected chi connectivity index (χ3v) is 9.58. The normalized spacial score (nSPS) is 26.4. The lowest BCUT2D eigenvalue weighted by molar-refractivity contribution is -0.275. The summed E-state index contributed by atoms with van der Waals surface area (Å²) in [6.07, 6.45) is -4.87. The van der Waals surface area contributed by atoms with Crippen LogP contribution >= 0.6 is 12.2 Å². The fourth-order valence-electron chi connectivity index (χ4n) is 6.66. The molecule has 4 rings (SSSR count). The number of nitrogens with one attached hydrogen (secondary N) is 1. The van der Waals surface area contributed by atoms with Gasteiger partial charge >= 0.3 is 23.9 Å². The summed E-state index contributed by atoms with van der Waals surface area (Å²) in [4.78, 5) is 50.6. The molecule has 0 aromatic heterocycles. The molecule has 2 aromatic carbocycles. The molecule has 2 N–H and O–H groups in total. The summed E-state index contributed by atoms with van der Waals surface area (Å²) in [7, 11) is 2.02. The minimum atomic E-state index is -1.27. The first-order valence-corrected chi connectivity index (χ1v) is 18.6. The Balaban J connectivity index is 1.47. The van der Waals surface area contributed by atoms with E-state index in [1.807, 2.05) is 61.7 Å². The second-order valence-electron chi connectivity index (χ2n) is 13.8. The van der Waals surface area contributed by atoms with E-state index >= 15 is 0 Å². The third kappa shape index (κ3) is 12.6. The van der Waals surface area contributed by atoms with Crippen molar-refractivity contribution in [3.8, 4) is 0 Å². The molecule has 55 heavy (non-hydrogen) atoms. The van der Waals surface area contributed by atoms with Gasteiger partial charge in [-0.3, -0.25) is 19.2 Å². The van der Waals surface area contributed by atoms with Gasteiger partial charge in [-0.25, -0.2) is 0 Å². The van der Waals surface area contributed by atoms with Crippen molar-refractivity contribution in [2.24, 2.45) is 5.92 Å². The van der Waals surface area contributed by atoms with Gasteiger partial charge in [0.25, 0.3) is 0 Å². The van der Waals surface area contributed by atoms with Gasteiger partial charge in [-0.2, -0.15) is 0 Å². The fraction of sp³-hybridized carbons (Fsp3) is 0.525. The molecule has 0 saturated carbocycles. The van der Waals surface area contributed by atoms with Crippen LogP contribution in [0.3, 0.4) is 0 Å². The van der Waals surface area contributed by atoms with Gasteiger partial charge in [0.05, 0.1) is 23.8 Å². The minimum Gasteiger partial charge on any atom is -0.463 e. The van der Waals surface area contributed by atoms with Crippen molar-refractivity contribution in [1.29, 1.82) is 0 Å². The van der Waals surface area contributed by atoms with E-state index < -0.39 is 60.7 Å². The zero-order valence-electron chi connectivity index (χ0n) is 32.1. The lowest BCUT2D eigenvalue weighted by Crippen LogP contribution is -2.62. The Hall–Kier alpha value is -4.25. The molecular formula is C40H52N2O12S. The summed E-state index contributed by atoms with van der Waals surface area (Å²) in [6, 6.07) is 15.5. The number of rotatable bonds is 16. The maximum atomic E-state index is 12.2. The molecule has 2 aromatic rings. The molecule has 9 atom stereocenters. The number of carbonyl (C=O) groups excluding carboxylic acids is 4. The second kappa shape index (κ2) is 20.6. The van der Waals surface area contributed by atoms with Gasteiger partial charge in [-0.1, -0.05) is 73.7 Å². The van der Waals surface area contributed by atoms with Gasteiger partial charge < -0.3 is 48.5 Å². The smallest absolute Gasteiger partial charge is 0.303 e. The van der Waals surface area contributed by atoms with E-state index in [9.17, 15) is 24.3 Å². The molecule has 14 nitrogen and oxygen atoms in total. The van der Waals surface area contributed by atoms with Crippen molar-refractivity contribution < 1.29 is 57.4 Å². The molecule has 0 spiro atoms. The molecule has 15 heteroatoms. The summed E-state index contributed by atoms with van der Waals surface area (Å²) in [6.45, 7) is 12.1. The lowest BCUT2D eigenvalue weighted by atomic mass is 9.90. The van der Waals surface area contributed by atoms with Crippen molar-refractivity contribution in [2.75, 3.05) is 26.7 Å². The van der Waals surface area contributed by atoms with Gasteiger partial charge in [0.2, 0.25) is 0 Å². The molecule has 0 aliphatic carbocycles. The summed E-state index contributed by atoms with van der Waals surface area (Å²) in [5, 5.41) is 12.8. The molecule has 2 fully saturated rings. The number of benzene rings is 2.